The van der Waals surface area contributed by atoms with E-state index in [9.17, 15) is 4.79 Å². The molecular formula is C12H16ClNO4. The van der Waals surface area contributed by atoms with E-state index in [1.165, 1.54) is 14.2 Å². The third kappa shape index (κ3) is 3.20. The van der Waals surface area contributed by atoms with Crippen LogP contribution < -0.4 is 14.8 Å². The van der Waals surface area contributed by atoms with Gasteiger partial charge in [-0.25, -0.2) is 4.79 Å². The number of rotatable bonds is 6. The molecule has 0 spiro atoms. The third-order valence-corrected chi connectivity index (χ3v) is 2.81. The first-order valence-corrected chi connectivity index (χ1v) is 5.82. The summed E-state index contributed by atoms with van der Waals surface area (Å²) in [5, 5.41) is 12.3. The van der Waals surface area contributed by atoms with Crippen LogP contribution in [0.1, 0.15) is 13.3 Å². The molecule has 0 amide bonds. The van der Waals surface area contributed by atoms with E-state index >= 15 is 0 Å². The van der Waals surface area contributed by atoms with E-state index < -0.39 is 12.0 Å². The number of anilines is 1. The second-order valence-electron chi connectivity index (χ2n) is 3.63. The van der Waals surface area contributed by atoms with Crippen molar-refractivity contribution >= 4 is 23.3 Å². The standard InChI is InChI=1S/C12H16ClNO4/c1-4-8(12(15)16)14-9-6-10(17-2)7(13)5-11(9)18-3/h5-6,8,14H,4H2,1-3H3,(H,15,16). The summed E-state index contributed by atoms with van der Waals surface area (Å²) in [5.74, 6) is 0.00850. The Labute approximate surface area is 111 Å². The highest BCUT2D eigenvalue weighted by Gasteiger charge is 2.18. The molecule has 1 unspecified atom stereocenters. The van der Waals surface area contributed by atoms with Crippen LogP contribution in [-0.4, -0.2) is 31.3 Å². The Kier molecular flexibility index (Phi) is 5.09. The van der Waals surface area contributed by atoms with Gasteiger partial charge in [0.05, 0.1) is 24.9 Å². The molecule has 0 aliphatic heterocycles. The molecule has 0 saturated carbocycles. The lowest BCUT2D eigenvalue weighted by molar-refractivity contribution is -0.137. The molecule has 1 aromatic rings. The van der Waals surface area contributed by atoms with Crippen molar-refractivity contribution in [3.63, 3.8) is 0 Å². The van der Waals surface area contributed by atoms with E-state index in [2.05, 4.69) is 5.32 Å². The minimum absolute atomic E-state index is 0.406. The average molecular weight is 274 g/mol. The molecule has 6 heteroatoms. The van der Waals surface area contributed by atoms with Crippen LogP contribution in [0.2, 0.25) is 5.02 Å². The number of aliphatic carboxylic acids is 1. The fraction of sp³-hybridized carbons (Fsp3) is 0.417. The number of methoxy groups -OCH3 is 2. The lowest BCUT2D eigenvalue weighted by Gasteiger charge is -2.17. The van der Waals surface area contributed by atoms with Gasteiger partial charge in [0.1, 0.15) is 17.5 Å². The number of nitrogens with one attached hydrogen (secondary N) is 1. The number of ether oxygens (including phenoxy) is 2. The molecule has 100 valence electrons. The summed E-state index contributed by atoms with van der Waals surface area (Å²) in [6.45, 7) is 1.78. The lowest BCUT2D eigenvalue weighted by Crippen LogP contribution is -2.28. The highest BCUT2D eigenvalue weighted by atomic mass is 35.5. The number of carboxylic acids is 1. The van der Waals surface area contributed by atoms with Gasteiger partial charge in [0.2, 0.25) is 0 Å². The first-order valence-electron chi connectivity index (χ1n) is 5.44. The molecule has 18 heavy (non-hydrogen) atoms. The van der Waals surface area contributed by atoms with Crippen molar-refractivity contribution < 1.29 is 19.4 Å². The Hall–Kier alpha value is -1.62. The first-order chi connectivity index (χ1) is 8.53. The zero-order valence-corrected chi connectivity index (χ0v) is 11.2. The van der Waals surface area contributed by atoms with E-state index in [1.807, 2.05) is 0 Å². The molecule has 1 aromatic carbocycles. The van der Waals surface area contributed by atoms with Crippen LogP contribution in [-0.2, 0) is 4.79 Å². The van der Waals surface area contributed by atoms with Gasteiger partial charge in [0, 0.05) is 12.1 Å². The Morgan fingerprint density at radius 2 is 2.00 bits per heavy atom. The van der Waals surface area contributed by atoms with Gasteiger partial charge in [-0.05, 0) is 6.42 Å². The molecule has 0 aliphatic carbocycles. The Bertz CT molecular complexity index is 436. The average Bonchev–Trinajstić information content (AvgIpc) is 2.36. The predicted octanol–water partition coefficient (Wildman–Crippen LogP) is 2.63. The Morgan fingerprint density at radius 1 is 1.39 bits per heavy atom. The van der Waals surface area contributed by atoms with Gasteiger partial charge in [0.25, 0.3) is 0 Å². The van der Waals surface area contributed by atoms with E-state index in [1.54, 1.807) is 19.1 Å². The Balaban J connectivity index is 3.09. The molecule has 0 saturated heterocycles. The molecule has 0 heterocycles. The van der Waals surface area contributed by atoms with Gasteiger partial charge in [0.15, 0.2) is 0 Å². The smallest absolute Gasteiger partial charge is 0.326 e. The van der Waals surface area contributed by atoms with Crippen LogP contribution in [0.25, 0.3) is 0 Å². The number of hydrogen-bond donors (Lipinski definition) is 2. The molecule has 0 aromatic heterocycles. The van der Waals surface area contributed by atoms with Gasteiger partial charge in [-0.1, -0.05) is 18.5 Å². The summed E-state index contributed by atoms with van der Waals surface area (Å²) in [4.78, 5) is 11.0. The summed E-state index contributed by atoms with van der Waals surface area (Å²) in [6, 6.07) is 2.51. The molecule has 2 N–H and O–H groups in total. The molecular weight excluding hydrogens is 258 g/mol. The van der Waals surface area contributed by atoms with E-state index in [4.69, 9.17) is 26.2 Å². The summed E-state index contributed by atoms with van der Waals surface area (Å²) in [7, 11) is 2.98. The van der Waals surface area contributed by atoms with Gasteiger partial charge >= 0.3 is 5.97 Å². The quantitative estimate of drug-likeness (QED) is 0.834. The molecule has 0 bridgehead atoms. The fourth-order valence-electron chi connectivity index (χ4n) is 1.50. The highest BCUT2D eigenvalue weighted by Crippen LogP contribution is 2.36. The second kappa shape index (κ2) is 6.35. The summed E-state index contributed by atoms with van der Waals surface area (Å²) < 4.78 is 10.2. The molecule has 0 aliphatic rings. The maximum Gasteiger partial charge on any atom is 0.326 e. The number of carbonyl (C=O) groups is 1. The number of halogens is 1. The molecule has 1 rings (SSSR count). The van der Waals surface area contributed by atoms with Crippen molar-refractivity contribution in [3.05, 3.63) is 17.2 Å². The van der Waals surface area contributed by atoms with E-state index in [-0.39, 0.29) is 0 Å². The van der Waals surface area contributed by atoms with Gasteiger partial charge in [-0.15, -0.1) is 0 Å². The van der Waals surface area contributed by atoms with Crippen molar-refractivity contribution in [2.45, 2.75) is 19.4 Å². The maximum atomic E-state index is 11.0. The minimum Gasteiger partial charge on any atom is -0.495 e. The van der Waals surface area contributed by atoms with E-state index in [0.29, 0.717) is 28.6 Å². The SMILES string of the molecule is CCC(Nc1cc(OC)c(Cl)cc1OC)C(=O)O. The number of benzene rings is 1. The van der Waals surface area contributed by atoms with Gasteiger partial charge in [-0.2, -0.15) is 0 Å². The van der Waals surface area contributed by atoms with Gasteiger partial charge in [-0.3, -0.25) is 0 Å². The zero-order chi connectivity index (χ0) is 13.7. The topological polar surface area (TPSA) is 67.8 Å². The van der Waals surface area contributed by atoms with Crippen molar-refractivity contribution in [2.24, 2.45) is 0 Å². The summed E-state index contributed by atoms with van der Waals surface area (Å²) in [6.07, 6.45) is 0.448. The van der Waals surface area contributed by atoms with Crippen LogP contribution in [0.5, 0.6) is 11.5 Å². The monoisotopic (exact) mass is 273 g/mol. The molecule has 1 atom stereocenters. The predicted molar refractivity (Wildman–Crippen MR) is 69.9 cm³/mol. The maximum absolute atomic E-state index is 11.0. The Morgan fingerprint density at radius 3 is 2.44 bits per heavy atom. The van der Waals surface area contributed by atoms with Crippen LogP contribution in [0, 0.1) is 0 Å². The normalized spacial score (nSPS) is 11.8. The van der Waals surface area contributed by atoms with Crippen molar-refractivity contribution in [1.29, 1.82) is 0 Å². The van der Waals surface area contributed by atoms with Crippen LogP contribution in [0.3, 0.4) is 0 Å². The largest absolute Gasteiger partial charge is 0.495 e. The highest BCUT2D eigenvalue weighted by molar-refractivity contribution is 6.32. The van der Waals surface area contributed by atoms with Crippen LogP contribution >= 0.6 is 11.6 Å². The van der Waals surface area contributed by atoms with Crippen molar-refractivity contribution in [1.82, 2.24) is 0 Å². The molecule has 5 nitrogen and oxygen atoms in total. The van der Waals surface area contributed by atoms with Crippen molar-refractivity contribution in [2.75, 3.05) is 19.5 Å². The van der Waals surface area contributed by atoms with Gasteiger partial charge < -0.3 is 19.9 Å². The first kappa shape index (κ1) is 14.4. The number of carboxylic acid groups (broad SMARTS) is 1. The van der Waals surface area contributed by atoms with Crippen LogP contribution in [0.15, 0.2) is 12.1 Å². The lowest BCUT2D eigenvalue weighted by atomic mass is 10.2. The fourth-order valence-corrected chi connectivity index (χ4v) is 1.73. The molecule has 0 radical (unpaired) electrons. The van der Waals surface area contributed by atoms with Crippen molar-refractivity contribution in [3.8, 4) is 11.5 Å². The minimum atomic E-state index is -0.923. The number of hydrogen-bond acceptors (Lipinski definition) is 4. The summed E-state index contributed by atoms with van der Waals surface area (Å²) >= 11 is 5.96. The third-order valence-electron chi connectivity index (χ3n) is 2.51. The summed E-state index contributed by atoms with van der Waals surface area (Å²) in [5.41, 5.74) is 0.535. The van der Waals surface area contributed by atoms with E-state index in [0.717, 1.165) is 0 Å². The molecule has 0 fully saturated rings. The zero-order valence-electron chi connectivity index (χ0n) is 10.5. The second-order valence-corrected chi connectivity index (χ2v) is 4.04. The van der Waals surface area contributed by atoms with Crippen LogP contribution in [0.4, 0.5) is 5.69 Å².